The Labute approximate surface area is 198 Å². The van der Waals surface area contributed by atoms with E-state index in [1.807, 2.05) is 12.1 Å². The van der Waals surface area contributed by atoms with E-state index in [4.69, 9.17) is 9.84 Å². The second-order valence-electron chi connectivity index (χ2n) is 10.6. The van der Waals surface area contributed by atoms with E-state index in [1.165, 1.54) is 0 Å². The maximum absolute atomic E-state index is 12.2. The molecule has 9 nitrogen and oxygen atoms in total. The van der Waals surface area contributed by atoms with E-state index in [9.17, 15) is 30.0 Å². The zero-order valence-corrected chi connectivity index (χ0v) is 19.1. The summed E-state index contributed by atoms with van der Waals surface area (Å²) in [6.07, 6.45) is 2.12. The topological polar surface area (TPSA) is 148 Å². The van der Waals surface area contributed by atoms with Crippen LogP contribution in [0, 0.1) is 5.92 Å². The number of phenolic OH excluding ortho intramolecular Hbond substituents is 1. The molecule has 5 N–H and O–H groups in total. The second-order valence-corrected chi connectivity index (χ2v) is 10.6. The predicted octanol–water partition coefficient (Wildman–Crippen LogP) is 1.26. The van der Waals surface area contributed by atoms with E-state index in [0.29, 0.717) is 25.8 Å². The molecule has 0 aromatic heterocycles. The Balaban J connectivity index is 1.36. The average molecular weight is 476 g/mol. The normalized spacial score (nSPS) is 36.5. The Kier molecular flexibility index (Phi) is 5.87. The maximum Gasteiger partial charge on any atom is 0.336 e. The number of carbonyl (C=O) groups is 2. The number of carboxylic acids is 2. The highest BCUT2D eigenvalue weighted by molar-refractivity contribution is 5.83. The van der Waals surface area contributed by atoms with Gasteiger partial charge in [-0.25, -0.2) is 9.59 Å². The van der Waals surface area contributed by atoms with Crippen LogP contribution >= 0.6 is 0 Å². The summed E-state index contributed by atoms with van der Waals surface area (Å²) in [6.45, 7) is 1.40. The van der Waals surface area contributed by atoms with Gasteiger partial charge in [0.2, 0.25) is 0 Å². The van der Waals surface area contributed by atoms with Gasteiger partial charge >= 0.3 is 11.9 Å². The van der Waals surface area contributed by atoms with Crippen LogP contribution in [0.1, 0.15) is 56.1 Å². The molecule has 0 radical (unpaired) electrons. The summed E-state index contributed by atoms with van der Waals surface area (Å²) in [5, 5.41) is 50.5. The van der Waals surface area contributed by atoms with Crippen LogP contribution in [-0.4, -0.2) is 85.4 Å². The van der Waals surface area contributed by atoms with Crippen LogP contribution in [0.25, 0.3) is 0 Å². The number of nitrogens with zero attached hydrogens (tertiary/aromatic N) is 1. The smallest absolute Gasteiger partial charge is 0.336 e. The van der Waals surface area contributed by atoms with E-state index in [1.54, 1.807) is 6.07 Å². The van der Waals surface area contributed by atoms with Gasteiger partial charge < -0.3 is 30.3 Å². The fourth-order valence-corrected chi connectivity index (χ4v) is 7.12. The van der Waals surface area contributed by atoms with Crippen LogP contribution in [0.4, 0.5) is 0 Å². The van der Waals surface area contributed by atoms with Crippen molar-refractivity contribution in [1.29, 1.82) is 0 Å². The number of rotatable bonds is 7. The molecule has 0 spiro atoms. The molecule has 1 saturated heterocycles. The minimum atomic E-state index is -2.12. The summed E-state index contributed by atoms with van der Waals surface area (Å²) in [6, 6.07) is 5.43. The highest BCUT2D eigenvalue weighted by atomic mass is 16.5. The van der Waals surface area contributed by atoms with Gasteiger partial charge in [0.25, 0.3) is 0 Å². The van der Waals surface area contributed by atoms with E-state index < -0.39 is 35.9 Å². The van der Waals surface area contributed by atoms with Crippen LogP contribution in [-0.2, 0) is 26.2 Å². The van der Waals surface area contributed by atoms with Crippen molar-refractivity contribution in [1.82, 2.24) is 4.90 Å². The fraction of sp³-hybridized carbons (Fsp3) is 0.680. The first-order valence-corrected chi connectivity index (χ1v) is 12.2. The number of aliphatic hydroxyl groups is 2. The molecule has 9 heteroatoms. The number of ether oxygens (including phenoxy) is 1. The van der Waals surface area contributed by atoms with Gasteiger partial charge in [-0.2, -0.15) is 0 Å². The molecule has 0 amide bonds. The van der Waals surface area contributed by atoms with Crippen molar-refractivity contribution in [3.8, 4) is 5.75 Å². The Hall–Kier alpha value is -2.20. The number of aliphatic carboxylic acids is 2. The molecule has 1 aromatic rings. The van der Waals surface area contributed by atoms with Crippen LogP contribution in [0.5, 0.6) is 5.75 Å². The summed E-state index contributed by atoms with van der Waals surface area (Å²) in [5.74, 6) is -2.88. The monoisotopic (exact) mass is 475 g/mol. The molecule has 4 aliphatic rings. The number of hydrogen-bond donors (Lipinski definition) is 5. The Morgan fingerprint density at radius 2 is 1.88 bits per heavy atom. The first-order valence-electron chi connectivity index (χ1n) is 12.2. The van der Waals surface area contributed by atoms with Crippen LogP contribution in [0.2, 0.25) is 0 Å². The van der Waals surface area contributed by atoms with Crippen molar-refractivity contribution in [2.45, 2.75) is 86.7 Å². The summed E-state index contributed by atoms with van der Waals surface area (Å²) in [7, 11) is 0. The molecule has 2 saturated carbocycles. The lowest BCUT2D eigenvalue weighted by molar-refractivity contribution is -0.193. The number of aromatic hydroxyl groups is 1. The molecule has 186 valence electrons. The van der Waals surface area contributed by atoms with Crippen molar-refractivity contribution in [2.75, 3.05) is 13.1 Å². The van der Waals surface area contributed by atoms with Crippen molar-refractivity contribution in [2.24, 2.45) is 5.92 Å². The largest absolute Gasteiger partial charge is 0.508 e. The van der Waals surface area contributed by atoms with E-state index in [0.717, 1.165) is 49.8 Å². The van der Waals surface area contributed by atoms with Crippen molar-refractivity contribution in [3.63, 3.8) is 0 Å². The molecular formula is C25H33NO8. The van der Waals surface area contributed by atoms with E-state index in [2.05, 4.69) is 4.90 Å². The molecule has 3 aliphatic carbocycles. The molecule has 1 aliphatic heterocycles. The lowest BCUT2D eigenvalue weighted by Gasteiger charge is -2.64. The standard InChI is InChI=1S/C25H33NO8/c27-16-5-3-14-11-19-25(33)8-2-1-7-24(25,17(14)12-16)9-10-26(19)13-15-4-6-18(15)34-21(23(31)32)20(28)22(29)30/h3,5,12,15,18-21,27-28,33H,1-2,4,6-11,13H2,(H,29,30)(H,31,32)/t15?,18?,19-,20+,21+,24+,25-/m1/s1. The maximum atomic E-state index is 12.2. The van der Waals surface area contributed by atoms with Gasteiger partial charge in [-0.1, -0.05) is 18.9 Å². The fourth-order valence-electron chi connectivity index (χ4n) is 7.12. The van der Waals surface area contributed by atoms with E-state index >= 15 is 0 Å². The number of benzene rings is 1. The second kappa shape index (κ2) is 8.48. The number of phenols is 1. The average Bonchev–Trinajstić information content (AvgIpc) is 2.77. The number of carboxylic acid groups (broad SMARTS) is 2. The lowest BCUT2D eigenvalue weighted by atomic mass is 9.49. The summed E-state index contributed by atoms with van der Waals surface area (Å²) in [4.78, 5) is 24.9. The van der Waals surface area contributed by atoms with Crippen molar-refractivity contribution < 1.29 is 39.9 Å². The van der Waals surface area contributed by atoms with Gasteiger partial charge in [-0.15, -0.1) is 0 Å². The lowest BCUT2D eigenvalue weighted by Crippen LogP contribution is -2.73. The zero-order valence-electron chi connectivity index (χ0n) is 19.1. The van der Waals surface area contributed by atoms with Crippen LogP contribution in [0.15, 0.2) is 18.2 Å². The number of likely N-dealkylation sites (tertiary alicyclic amines) is 1. The molecule has 2 unspecified atom stereocenters. The Bertz CT molecular complexity index is 984. The van der Waals surface area contributed by atoms with Crippen LogP contribution < -0.4 is 0 Å². The minimum absolute atomic E-state index is 0.00347. The first-order chi connectivity index (χ1) is 16.2. The zero-order chi connectivity index (χ0) is 24.3. The van der Waals surface area contributed by atoms with Crippen LogP contribution in [0.3, 0.4) is 0 Å². The molecular weight excluding hydrogens is 442 g/mol. The third kappa shape index (κ3) is 3.52. The van der Waals surface area contributed by atoms with Crippen molar-refractivity contribution >= 4 is 11.9 Å². The van der Waals surface area contributed by atoms with Crippen molar-refractivity contribution in [3.05, 3.63) is 29.3 Å². The highest BCUT2D eigenvalue weighted by Crippen LogP contribution is 2.58. The molecule has 1 heterocycles. The minimum Gasteiger partial charge on any atom is -0.508 e. The molecule has 3 fully saturated rings. The number of hydrogen-bond acceptors (Lipinski definition) is 7. The third-order valence-corrected chi connectivity index (χ3v) is 9.00. The van der Waals surface area contributed by atoms with E-state index in [-0.39, 0.29) is 23.1 Å². The summed E-state index contributed by atoms with van der Waals surface area (Å²) in [5.41, 5.74) is 0.986. The number of fused-ring (bicyclic) bond motifs is 1. The molecule has 7 atom stereocenters. The van der Waals surface area contributed by atoms with Gasteiger partial charge in [-0.05, 0) is 74.2 Å². The number of aliphatic hydroxyl groups excluding tert-OH is 1. The molecule has 5 rings (SSSR count). The third-order valence-electron chi connectivity index (χ3n) is 9.00. The SMILES string of the molecule is O=C(O)[C@@H](O)[C@H](OC1CCC1CN1CC[C@]23CCCC[C@@]2(O)[C@H]1Cc1ccc(O)cc13)C(=O)O. The highest BCUT2D eigenvalue weighted by Gasteiger charge is 2.63. The van der Waals surface area contributed by atoms with Gasteiger partial charge in [0, 0.05) is 18.0 Å². The molecule has 1 aromatic carbocycles. The summed E-state index contributed by atoms with van der Waals surface area (Å²) >= 11 is 0. The Morgan fingerprint density at radius 3 is 2.56 bits per heavy atom. The molecule has 34 heavy (non-hydrogen) atoms. The Morgan fingerprint density at radius 1 is 1.12 bits per heavy atom. The quantitative estimate of drug-likeness (QED) is 0.393. The first kappa shape index (κ1) is 23.5. The van der Waals surface area contributed by atoms with Gasteiger partial charge in [0.05, 0.1) is 11.7 Å². The number of piperidine rings is 1. The molecule has 2 bridgehead atoms. The predicted molar refractivity (Wildman–Crippen MR) is 120 cm³/mol. The van der Waals surface area contributed by atoms with Gasteiger partial charge in [0.15, 0.2) is 12.2 Å². The van der Waals surface area contributed by atoms with Gasteiger partial charge in [-0.3, -0.25) is 4.90 Å². The summed E-state index contributed by atoms with van der Waals surface area (Å²) < 4.78 is 5.58. The van der Waals surface area contributed by atoms with Gasteiger partial charge in [0.1, 0.15) is 5.75 Å².